The Hall–Kier alpha value is -2.22. The van der Waals surface area contributed by atoms with E-state index in [2.05, 4.69) is 10.3 Å². The highest BCUT2D eigenvalue weighted by Gasteiger charge is 2.20. The van der Waals surface area contributed by atoms with Crippen molar-refractivity contribution in [3.05, 3.63) is 44.3 Å². The maximum atomic E-state index is 13.2. The minimum absolute atomic E-state index is 0.176. The lowest BCUT2D eigenvalue weighted by Gasteiger charge is -2.20. The summed E-state index contributed by atoms with van der Waals surface area (Å²) in [7, 11) is 1.53. The first-order valence-corrected chi connectivity index (χ1v) is 9.96. The molecule has 0 saturated carbocycles. The van der Waals surface area contributed by atoms with Gasteiger partial charge in [-0.05, 0) is 50.5 Å². The Kier molecular flexibility index (Phi) is 8.37. The highest BCUT2D eigenvalue weighted by atomic mass is 35.5. The van der Waals surface area contributed by atoms with Crippen molar-refractivity contribution in [3.63, 3.8) is 0 Å². The van der Waals surface area contributed by atoms with Crippen molar-refractivity contribution in [1.29, 1.82) is 0 Å². The summed E-state index contributed by atoms with van der Waals surface area (Å²) in [5, 5.41) is 13.0. The molecule has 0 aliphatic carbocycles. The number of aromatic nitrogens is 2. The SMILES string of the molecule is CCn1c(-c2cc(CCC=O)c(C)cc2Cl)nc(C)c(NC(CO)COC)c1=O. The number of ether oxygens (including phenoxy) is 1. The molecule has 0 amide bonds. The molecule has 1 aromatic carbocycles. The second kappa shape index (κ2) is 10.5. The van der Waals surface area contributed by atoms with Crippen LogP contribution < -0.4 is 10.9 Å². The molecule has 1 heterocycles. The number of aldehydes is 1. The number of hydrogen-bond donors (Lipinski definition) is 2. The van der Waals surface area contributed by atoms with Crippen LogP contribution in [0, 0.1) is 13.8 Å². The minimum Gasteiger partial charge on any atom is -0.394 e. The van der Waals surface area contributed by atoms with Gasteiger partial charge in [-0.25, -0.2) is 4.98 Å². The van der Waals surface area contributed by atoms with E-state index in [1.54, 1.807) is 11.5 Å². The van der Waals surface area contributed by atoms with Gasteiger partial charge in [-0.15, -0.1) is 0 Å². The molecular weight excluding hydrogens is 394 g/mol. The Morgan fingerprint density at radius 3 is 2.69 bits per heavy atom. The van der Waals surface area contributed by atoms with E-state index in [9.17, 15) is 14.7 Å². The number of aliphatic hydroxyl groups excluding tert-OH is 1. The number of nitrogens with one attached hydrogen (secondary N) is 1. The van der Waals surface area contributed by atoms with Crippen LogP contribution in [0.5, 0.6) is 0 Å². The van der Waals surface area contributed by atoms with Crippen molar-refractivity contribution >= 4 is 23.6 Å². The average Bonchev–Trinajstić information content (AvgIpc) is 2.69. The first kappa shape index (κ1) is 23.1. The molecule has 158 valence electrons. The fraction of sp³-hybridized carbons (Fsp3) is 0.476. The summed E-state index contributed by atoms with van der Waals surface area (Å²) in [5.74, 6) is 0.477. The van der Waals surface area contributed by atoms with Crippen molar-refractivity contribution in [1.82, 2.24) is 9.55 Å². The predicted molar refractivity (Wildman–Crippen MR) is 115 cm³/mol. The average molecular weight is 422 g/mol. The molecule has 0 bridgehead atoms. The first-order valence-electron chi connectivity index (χ1n) is 9.58. The van der Waals surface area contributed by atoms with Crippen molar-refractivity contribution in [2.24, 2.45) is 0 Å². The van der Waals surface area contributed by atoms with Gasteiger partial charge in [0.05, 0.1) is 30.0 Å². The van der Waals surface area contributed by atoms with E-state index in [1.807, 2.05) is 26.0 Å². The summed E-state index contributed by atoms with van der Waals surface area (Å²) in [6, 6.07) is 3.33. The van der Waals surface area contributed by atoms with Crippen LogP contribution in [-0.2, 0) is 22.5 Å². The number of anilines is 1. The second-order valence-corrected chi connectivity index (χ2v) is 7.30. The maximum absolute atomic E-state index is 13.2. The molecule has 1 atom stereocenters. The van der Waals surface area contributed by atoms with Gasteiger partial charge < -0.3 is 20.0 Å². The van der Waals surface area contributed by atoms with E-state index >= 15 is 0 Å². The quantitative estimate of drug-likeness (QED) is 0.573. The van der Waals surface area contributed by atoms with Crippen molar-refractivity contribution in [2.75, 3.05) is 25.6 Å². The number of benzene rings is 1. The van der Waals surface area contributed by atoms with Crippen molar-refractivity contribution in [2.45, 2.75) is 46.2 Å². The van der Waals surface area contributed by atoms with Crippen LogP contribution in [0.3, 0.4) is 0 Å². The van der Waals surface area contributed by atoms with Gasteiger partial charge in [-0.1, -0.05) is 11.6 Å². The number of aliphatic hydroxyl groups is 1. The molecule has 0 saturated heterocycles. The molecule has 29 heavy (non-hydrogen) atoms. The Bertz CT molecular complexity index is 927. The molecule has 0 radical (unpaired) electrons. The smallest absolute Gasteiger partial charge is 0.277 e. The van der Waals surface area contributed by atoms with Crippen LogP contribution in [0.15, 0.2) is 16.9 Å². The number of rotatable bonds is 10. The Labute approximate surface area is 175 Å². The zero-order valence-corrected chi connectivity index (χ0v) is 18.0. The van der Waals surface area contributed by atoms with E-state index in [1.165, 1.54) is 7.11 Å². The van der Waals surface area contributed by atoms with Crippen LogP contribution >= 0.6 is 11.6 Å². The molecule has 0 aliphatic rings. The molecule has 8 heteroatoms. The van der Waals surface area contributed by atoms with Gasteiger partial charge in [0.2, 0.25) is 0 Å². The zero-order valence-electron chi connectivity index (χ0n) is 17.3. The minimum atomic E-state index is -0.415. The lowest BCUT2D eigenvalue weighted by Crippen LogP contribution is -2.35. The number of nitrogens with zero attached hydrogens (tertiary/aromatic N) is 2. The highest BCUT2D eigenvalue weighted by Crippen LogP contribution is 2.30. The van der Waals surface area contributed by atoms with Gasteiger partial charge in [0, 0.05) is 25.6 Å². The number of carbonyl (C=O) groups is 1. The maximum Gasteiger partial charge on any atom is 0.277 e. The Morgan fingerprint density at radius 1 is 1.38 bits per heavy atom. The summed E-state index contributed by atoms with van der Waals surface area (Å²) in [5.41, 5.74) is 3.24. The fourth-order valence-corrected chi connectivity index (χ4v) is 3.55. The molecular formula is C21H28ClN3O4. The largest absolute Gasteiger partial charge is 0.394 e. The zero-order chi connectivity index (χ0) is 21.6. The van der Waals surface area contributed by atoms with Crippen LogP contribution in [0.2, 0.25) is 5.02 Å². The molecule has 1 unspecified atom stereocenters. The van der Waals surface area contributed by atoms with Gasteiger partial charge in [0.15, 0.2) is 0 Å². The van der Waals surface area contributed by atoms with Crippen LogP contribution in [0.1, 0.15) is 30.2 Å². The van der Waals surface area contributed by atoms with Crippen molar-refractivity contribution < 1.29 is 14.6 Å². The molecule has 0 aliphatic heterocycles. The number of hydrogen-bond acceptors (Lipinski definition) is 6. The summed E-state index contributed by atoms with van der Waals surface area (Å²) in [6.07, 6.45) is 1.90. The molecule has 2 N–H and O–H groups in total. The van der Waals surface area contributed by atoms with Gasteiger partial charge >= 0.3 is 0 Å². The number of methoxy groups -OCH3 is 1. The van der Waals surface area contributed by atoms with Gasteiger partial charge in [0.1, 0.15) is 17.8 Å². The summed E-state index contributed by atoms with van der Waals surface area (Å²) in [4.78, 5) is 28.6. The molecule has 2 aromatic rings. The lowest BCUT2D eigenvalue weighted by atomic mass is 10.0. The van der Waals surface area contributed by atoms with Crippen LogP contribution in [-0.4, -0.2) is 47.3 Å². The molecule has 0 spiro atoms. The fourth-order valence-electron chi connectivity index (χ4n) is 3.24. The predicted octanol–water partition coefficient (Wildman–Crippen LogP) is 2.75. The number of aryl methyl sites for hydroxylation is 3. The topological polar surface area (TPSA) is 93.5 Å². The molecule has 2 rings (SSSR count). The molecule has 0 fully saturated rings. The number of carbonyl (C=O) groups excluding carboxylic acids is 1. The molecule has 7 nitrogen and oxygen atoms in total. The second-order valence-electron chi connectivity index (χ2n) is 6.89. The van der Waals surface area contributed by atoms with Crippen LogP contribution in [0.25, 0.3) is 11.4 Å². The van der Waals surface area contributed by atoms with E-state index in [0.29, 0.717) is 47.2 Å². The van der Waals surface area contributed by atoms with Crippen molar-refractivity contribution in [3.8, 4) is 11.4 Å². The van der Waals surface area contributed by atoms with E-state index in [-0.39, 0.29) is 18.8 Å². The monoisotopic (exact) mass is 421 g/mol. The van der Waals surface area contributed by atoms with Crippen LogP contribution in [0.4, 0.5) is 5.69 Å². The van der Waals surface area contributed by atoms with E-state index in [0.717, 1.165) is 17.4 Å². The Morgan fingerprint density at radius 2 is 2.10 bits per heavy atom. The Balaban J connectivity index is 2.60. The normalized spacial score (nSPS) is 12.1. The molecule has 1 aromatic heterocycles. The van der Waals surface area contributed by atoms with E-state index in [4.69, 9.17) is 16.3 Å². The van der Waals surface area contributed by atoms with Gasteiger partial charge in [-0.3, -0.25) is 9.36 Å². The first-order chi connectivity index (χ1) is 13.9. The van der Waals surface area contributed by atoms with Gasteiger partial charge in [-0.2, -0.15) is 0 Å². The highest BCUT2D eigenvalue weighted by molar-refractivity contribution is 6.33. The summed E-state index contributed by atoms with van der Waals surface area (Å²) >= 11 is 6.50. The van der Waals surface area contributed by atoms with Gasteiger partial charge in [0.25, 0.3) is 5.56 Å². The van der Waals surface area contributed by atoms with E-state index < -0.39 is 6.04 Å². The third kappa shape index (κ3) is 5.23. The summed E-state index contributed by atoms with van der Waals surface area (Å²) < 4.78 is 6.63. The standard InChI is InChI=1S/C21H28ClN3O4/c1-5-25-20(17-10-15(7-6-8-26)13(2)9-18(17)22)23-14(3)19(21(25)28)24-16(11-27)12-29-4/h8-10,16,24,27H,5-7,11-12H2,1-4H3. The summed E-state index contributed by atoms with van der Waals surface area (Å²) in [6.45, 7) is 6.03. The number of halogens is 1. The third-order valence-corrected chi connectivity index (χ3v) is 5.11. The lowest BCUT2D eigenvalue weighted by molar-refractivity contribution is -0.107. The third-order valence-electron chi connectivity index (χ3n) is 4.80.